The van der Waals surface area contributed by atoms with E-state index in [2.05, 4.69) is 10.2 Å². The number of halogens is 1. The minimum Gasteiger partial charge on any atom is -0.282 e. The number of nitrogens with zero attached hydrogens (tertiary/aromatic N) is 1. The van der Waals surface area contributed by atoms with E-state index in [1.807, 2.05) is 13.8 Å². The molecule has 0 bridgehead atoms. The Morgan fingerprint density at radius 2 is 2.23 bits per heavy atom. The Hall–Kier alpha value is -0.550. The van der Waals surface area contributed by atoms with Gasteiger partial charge < -0.3 is 0 Å². The minimum atomic E-state index is -3.49. The Balaban J connectivity index is 2.96. The molecule has 1 aromatic rings. The van der Waals surface area contributed by atoms with Crippen molar-refractivity contribution in [1.82, 2.24) is 10.2 Å². The Morgan fingerprint density at radius 3 is 2.69 bits per heavy atom. The van der Waals surface area contributed by atoms with E-state index in [4.69, 9.17) is 10.7 Å². The molecule has 13 heavy (non-hydrogen) atoms. The summed E-state index contributed by atoms with van der Waals surface area (Å²) in [6.45, 7) is 3.91. The van der Waals surface area contributed by atoms with Gasteiger partial charge in [-0.3, -0.25) is 5.10 Å². The van der Waals surface area contributed by atoms with Gasteiger partial charge in [0.05, 0.1) is 11.9 Å². The van der Waals surface area contributed by atoms with Crippen LogP contribution >= 0.6 is 10.7 Å². The lowest BCUT2D eigenvalue weighted by Crippen LogP contribution is -1.99. The molecule has 0 aliphatic carbocycles. The molecule has 1 N–H and O–H groups in total. The zero-order chi connectivity index (χ0) is 10.1. The van der Waals surface area contributed by atoms with Crippen LogP contribution in [0.3, 0.4) is 0 Å². The Kier molecular flexibility index (Phi) is 2.98. The van der Waals surface area contributed by atoms with E-state index in [0.717, 1.165) is 5.69 Å². The van der Waals surface area contributed by atoms with Crippen LogP contribution in [-0.4, -0.2) is 18.6 Å². The van der Waals surface area contributed by atoms with Gasteiger partial charge in [0.2, 0.25) is 9.05 Å². The van der Waals surface area contributed by atoms with Gasteiger partial charge in [-0.2, -0.15) is 5.10 Å². The van der Waals surface area contributed by atoms with Crippen molar-refractivity contribution in [2.24, 2.45) is 0 Å². The standard InChI is InChI=1S/C7H11ClN2O2S/c1-5(2)7-6(3-9-10-7)4-13(8,11)12/h3,5H,4H2,1-2H3,(H,9,10). The third-order valence-corrected chi connectivity index (χ3v) is 2.64. The van der Waals surface area contributed by atoms with Crippen molar-refractivity contribution in [2.45, 2.75) is 25.5 Å². The van der Waals surface area contributed by atoms with E-state index in [-0.39, 0.29) is 11.7 Å². The summed E-state index contributed by atoms with van der Waals surface area (Å²) in [5.74, 6) is 0.0504. The van der Waals surface area contributed by atoms with Gasteiger partial charge in [0, 0.05) is 21.9 Å². The molecule has 0 aliphatic rings. The SMILES string of the molecule is CC(C)c1[nH]ncc1CS(=O)(=O)Cl. The largest absolute Gasteiger partial charge is 0.282 e. The second-order valence-electron chi connectivity index (χ2n) is 3.15. The average Bonchev–Trinajstić information content (AvgIpc) is 2.31. The zero-order valence-corrected chi connectivity index (χ0v) is 8.98. The maximum Gasteiger partial charge on any atom is 0.236 e. The van der Waals surface area contributed by atoms with E-state index in [0.29, 0.717) is 5.56 Å². The predicted molar refractivity (Wildman–Crippen MR) is 51.2 cm³/mol. The number of aromatic amines is 1. The summed E-state index contributed by atoms with van der Waals surface area (Å²) in [5, 5.41) is 6.53. The number of nitrogens with one attached hydrogen (secondary N) is 1. The highest BCUT2D eigenvalue weighted by molar-refractivity contribution is 8.13. The summed E-state index contributed by atoms with van der Waals surface area (Å²) in [6.07, 6.45) is 1.50. The van der Waals surface area contributed by atoms with Crippen LogP contribution in [0.15, 0.2) is 6.20 Å². The van der Waals surface area contributed by atoms with Crippen molar-refractivity contribution in [3.63, 3.8) is 0 Å². The van der Waals surface area contributed by atoms with E-state index in [1.54, 1.807) is 0 Å². The topological polar surface area (TPSA) is 62.8 Å². The van der Waals surface area contributed by atoms with Gasteiger partial charge in [0.15, 0.2) is 0 Å². The fourth-order valence-corrected chi connectivity index (χ4v) is 2.08. The zero-order valence-electron chi connectivity index (χ0n) is 7.41. The Labute approximate surface area is 81.7 Å². The fourth-order valence-electron chi connectivity index (χ4n) is 1.12. The molecule has 4 nitrogen and oxygen atoms in total. The number of hydrogen-bond acceptors (Lipinski definition) is 3. The van der Waals surface area contributed by atoms with Gasteiger partial charge in [-0.15, -0.1) is 0 Å². The molecule has 0 saturated heterocycles. The first-order valence-corrected chi connectivity index (χ1v) is 6.32. The monoisotopic (exact) mass is 222 g/mol. The highest BCUT2D eigenvalue weighted by atomic mass is 35.7. The smallest absolute Gasteiger partial charge is 0.236 e. The molecule has 0 unspecified atom stereocenters. The second kappa shape index (κ2) is 3.67. The molecule has 0 radical (unpaired) electrons. The molecule has 1 heterocycles. The molecule has 0 spiro atoms. The molecule has 74 valence electrons. The van der Waals surface area contributed by atoms with Crippen molar-refractivity contribution < 1.29 is 8.42 Å². The lowest BCUT2D eigenvalue weighted by atomic mass is 10.1. The first-order valence-electron chi connectivity index (χ1n) is 3.84. The third kappa shape index (κ3) is 3.00. The van der Waals surface area contributed by atoms with Crippen LogP contribution in [0.5, 0.6) is 0 Å². The summed E-state index contributed by atoms with van der Waals surface area (Å²) in [6, 6.07) is 0. The molecule has 0 amide bonds. The number of H-pyrrole nitrogens is 1. The van der Waals surface area contributed by atoms with Gasteiger partial charge in [0.25, 0.3) is 0 Å². The van der Waals surface area contributed by atoms with Crippen LogP contribution in [-0.2, 0) is 14.8 Å². The van der Waals surface area contributed by atoms with E-state index >= 15 is 0 Å². The van der Waals surface area contributed by atoms with Crippen LogP contribution < -0.4 is 0 Å². The van der Waals surface area contributed by atoms with Crippen LogP contribution in [0.1, 0.15) is 31.0 Å². The molecule has 0 atom stereocenters. The molecule has 1 rings (SSSR count). The number of aromatic nitrogens is 2. The van der Waals surface area contributed by atoms with Crippen molar-refractivity contribution in [3.05, 3.63) is 17.5 Å². The molecular formula is C7H11ClN2O2S. The van der Waals surface area contributed by atoms with Crippen molar-refractivity contribution in [3.8, 4) is 0 Å². The van der Waals surface area contributed by atoms with E-state index in [9.17, 15) is 8.42 Å². The predicted octanol–water partition coefficient (Wildman–Crippen LogP) is 1.60. The number of rotatable bonds is 3. The van der Waals surface area contributed by atoms with E-state index in [1.165, 1.54) is 6.20 Å². The summed E-state index contributed by atoms with van der Waals surface area (Å²) in [5.41, 5.74) is 1.47. The molecule has 1 aromatic heterocycles. The average molecular weight is 223 g/mol. The molecular weight excluding hydrogens is 212 g/mol. The van der Waals surface area contributed by atoms with Crippen LogP contribution in [0, 0.1) is 0 Å². The summed E-state index contributed by atoms with van der Waals surface area (Å²) >= 11 is 0. The maximum absolute atomic E-state index is 10.8. The van der Waals surface area contributed by atoms with Gasteiger partial charge in [-0.25, -0.2) is 8.42 Å². The minimum absolute atomic E-state index is 0.168. The Morgan fingerprint density at radius 1 is 1.62 bits per heavy atom. The summed E-state index contributed by atoms with van der Waals surface area (Å²) < 4.78 is 21.6. The maximum atomic E-state index is 10.8. The third-order valence-electron chi connectivity index (χ3n) is 1.66. The summed E-state index contributed by atoms with van der Waals surface area (Å²) in [7, 11) is 1.64. The quantitative estimate of drug-likeness (QED) is 0.791. The van der Waals surface area contributed by atoms with Gasteiger partial charge in [-0.05, 0) is 5.92 Å². The molecule has 6 heteroatoms. The summed E-state index contributed by atoms with van der Waals surface area (Å²) in [4.78, 5) is 0. The van der Waals surface area contributed by atoms with Crippen molar-refractivity contribution >= 4 is 19.7 Å². The van der Waals surface area contributed by atoms with Crippen LogP contribution in [0.2, 0.25) is 0 Å². The number of hydrogen-bond donors (Lipinski definition) is 1. The van der Waals surface area contributed by atoms with E-state index < -0.39 is 9.05 Å². The molecule has 0 fully saturated rings. The van der Waals surface area contributed by atoms with Crippen LogP contribution in [0.25, 0.3) is 0 Å². The van der Waals surface area contributed by atoms with Gasteiger partial charge in [0.1, 0.15) is 0 Å². The fraction of sp³-hybridized carbons (Fsp3) is 0.571. The Bertz CT molecular complexity index is 383. The first-order chi connectivity index (χ1) is 5.90. The molecule has 0 aliphatic heterocycles. The van der Waals surface area contributed by atoms with Gasteiger partial charge >= 0.3 is 0 Å². The molecule has 0 aromatic carbocycles. The second-order valence-corrected chi connectivity index (χ2v) is 5.92. The normalized spacial score (nSPS) is 12.3. The van der Waals surface area contributed by atoms with Crippen molar-refractivity contribution in [1.29, 1.82) is 0 Å². The lowest BCUT2D eigenvalue weighted by molar-refractivity contribution is 0.608. The molecule has 0 saturated carbocycles. The van der Waals surface area contributed by atoms with Gasteiger partial charge in [-0.1, -0.05) is 13.8 Å². The lowest BCUT2D eigenvalue weighted by Gasteiger charge is -2.03. The van der Waals surface area contributed by atoms with Crippen molar-refractivity contribution in [2.75, 3.05) is 0 Å². The highest BCUT2D eigenvalue weighted by Crippen LogP contribution is 2.19. The first kappa shape index (κ1) is 10.5. The van der Waals surface area contributed by atoms with Crippen LogP contribution in [0.4, 0.5) is 0 Å². The highest BCUT2D eigenvalue weighted by Gasteiger charge is 2.14.